The molecule has 0 spiro atoms. The van der Waals surface area contributed by atoms with Crippen molar-refractivity contribution in [1.82, 2.24) is 10.2 Å². The van der Waals surface area contributed by atoms with Crippen LogP contribution in [0.2, 0.25) is 0 Å². The van der Waals surface area contributed by atoms with Gasteiger partial charge < -0.3 is 4.42 Å². The molecule has 0 saturated carbocycles. The molecule has 1 unspecified atom stereocenters. The first kappa shape index (κ1) is 17.0. The summed E-state index contributed by atoms with van der Waals surface area (Å²) in [5.74, 6) is 1.73. The average molecular weight is 391 g/mol. The van der Waals surface area contributed by atoms with Crippen LogP contribution in [0.15, 0.2) is 27.8 Å². The Kier molecular flexibility index (Phi) is 4.80. The van der Waals surface area contributed by atoms with E-state index in [4.69, 9.17) is 4.42 Å². The van der Waals surface area contributed by atoms with Crippen molar-refractivity contribution in [3.8, 4) is 10.8 Å². The van der Waals surface area contributed by atoms with E-state index < -0.39 is 0 Å². The lowest BCUT2D eigenvalue weighted by atomic mass is 9.90. The van der Waals surface area contributed by atoms with Crippen LogP contribution in [-0.2, 0) is 12.8 Å². The van der Waals surface area contributed by atoms with Crippen molar-refractivity contribution < 1.29 is 9.21 Å². The SMILES string of the molecule is Cc1ccc(C(=O)CSc2nnc(-c3cc4c(s3)CCC(C)C4)o2)s1. The van der Waals surface area contributed by atoms with Gasteiger partial charge in [0, 0.05) is 9.75 Å². The molecule has 3 aromatic rings. The molecule has 0 amide bonds. The maximum absolute atomic E-state index is 12.2. The molecule has 3 heterocycles. The molecule has 4 nitrogen and oxygen atoms in total. The van der Waals surface area contributed by atoms with Crippen LogP contribution in [-0.4, -0.2) is 21.7 Å². The largest absolute Gasteiger partial charge is 0.410 e. The van der Waals surface area contributed by atoms with Gasteiger partial charge in [-0.2, -0.15) is 0 Å². The Labute approximate surface area is 158 Å². The highest BCUT2D eigenvalue weighted by atomic mass is 32.2. The van der Waals surface area contributed by atoms with Crippen LogP contribution in [0.5, 0.6) is 0 Å². The van der Waals surface area contributed by atoms with E-state index in [1.54, 1.807) is 11.3 Å². The number of ketones is 1. The second-order valence-electron chi connectivity index (χ2n) is 6.40. The summed E-state index contributed by atoms with van der Waals surface area (Å²) in [4.78, 5) is 16.6. The first-order valence-corrected chi connectivity index (χ1v) is 10.9. The summed E-state index contributed by atoms with van der Waals surface area (Å²) < 4.78 is 5.77. The van der Waals surface area contributed by atoms with Crippen molar-refractivity contribution >= 4 is 40.2 Å². The molecule has 1 atom stereocenters. The van der Waals surface area contributed by atoms with Gasteiger partial charge in [0.15, 0.2) is 5.78 Å². The lowest BCUT2D eigenvalue weighted by Crippen LogP contribution is -2.07. The summed E-state index contributed by atoms with van der Waals surface area (Å²) in [6, 6.07) is 6.03. The topological polar surface area (TPSA) is 56.0 Å². The summed E-state index contributed by atoms with van der Waals surface area (Å²) in [6.45, 7) is 4.30. The standard InChI is InChI=1S/C18H18N2O2S3/c1-10-3-5-14-12(7-10)8-16(25-14)17-19-20-18(22-17)23-9-13(21)15-6-4-11(2)24-15/h4,6,8,10H,3,5,7,9H2,1-2H3. The van der Waals surface area contributed by atoms with Crippen LogP contribution >= 0.6 is 34.4 Å². The van der Waals surface area contributed by atoms with Crippen LogP contribution in [0.4, 0.5) is 0 Å². The van der Waals surface area contributed by atoms with E-state index in [0.717, 1.165) is 33.4 Å². The number of aryl methyl sites for hydroxylation is 2. The van der Waals surface area contributed by atoms with Crippen LogP contribution in [0.1, 0.15) is 38.3 Å². The molecular formula is C18H18N2O2S3. The fourth-order valence-corrected chi connectivity index (χ4v) is 5.63. The van der Waals surface area contributed by atoms with E-state index in [1.165, 1.54) is 40.0 Å². The molecule has 25 heavy (non-hydrogen) atoms. The highest BCUT2D eigenvalue weighted by Gasteiger charge is 2.21. The predicted molar refractivity (Wildman–Crippen MR) is 103 cm³/mol. The minimum atomic E-state index is 0.100. The molecule has 0 fully saturated rings. The number of thioether (sulfide) groups is 1. The third-order valence-corrected chi connectivity index (χ3v) is 7.37. The van der Waals surface area contributed by atoms with Gasteiger partial charge in [-0.05, 0) is 55.9 Å². The van der Waals surface area contributed by atoms with Gasteiger partial charge in [-0.25, -0.2) is 0 Å². The number of carbonyl (C=O) groups excluding carboxylic acids is 1. The number of Topliss-reactive ketones (excluding diaryl/α,β-unsaturated/α-hetero) is 1. The number of fused-ring (bicyclic) bond motifs is 1. The Morgan fingerprint density at radius 1 is 1.36 bits per heavy atom. The van der Waals surface area contributed by atoms with Crippen molar-refractivity contribution in [2.75, 3.05) is 5.75 Å². The number of hydrogen-bond donors (Lipinski definition) is 0. The Hall–Kier alpha value is -1.44. The highest BCUT2D eigenvalue weighted by Crippen LogP contribution is 2.37. The molecule has 4 rings (SSSR count). The monoisotopic (exact) mass is 390 g/mol. The molecule has 0 aromatic carbocycles. The first-order valence-electron chi connectivity index (χ1n) is 8.26. The smallest absolute Gasteiger partial charge is 0.277 e. The zero-order valence-corrected chi connectivity index (χ0v) is 16.5. The normalized spacial score (nSPS) is 16.8. The Bertz CT molecular complexity index is 909. The summed E-state index contributed by atoms with van der Waals surface area (Å²) in [5.41, 5.74) is 1.43. The van der Waals surface area contributed by atoms with Gasteiger partial charge in [-0.3, -0.25) is 4.79 Å². The maximum atomic E-state index is 12.2. The minimum absolute atomic E-state index is 0.100. The molecule has 0 N–H and O–H groups in total. The van der Waals surface area contributed by atoms with E-state index in [0.29, 0.717) is 16.9 Å². The number of rotatable bonds is 5. The van der Waals surface area contributed by atoms with Crippen molar-refractivity contribution in [2.24, 2.45) is 5.92 Å². The average Bonchev–Trinajstić information content (AvgIpc) is 3.30. The maximum Gasteiger partial charge on any atom is 0.277 e. The van der Waals surface area contributed by atoms with Gasteiger partial charge in [-0.15, -0.1) is 32.9 Å². The summed E-state index contributed by atoms with van der Waals surface area (Å²) in [7, 11) is 0. The third-order valence-electron chi connectivity index (χ3n) is 4.29. The van der Waals surface area contributed by atoms with Crippen molar-refractivity contribution in [2.45, 2.75) is 38.3 Å². The van der Waals surface area contributed by atoms with Crippen LogP contribution < -0.4 is 0 Å². The zero-order chi connectivity index (χ0) is 17.4. The van der Waals surface area contributed by atoms with Gasteiger partial charge >= 0.3 is 0 Å². The van der Waals surface area contributed by atoms with E-state index in [1.807, 2.05) is 19.1 Å². The number of nitrogens with zero attached hydrogens (tertiary/aromatic N) is 2. The second kappa shape index (κ2) is 7.05. The molecule has 1 aliphatic carbocycles. The van der Waals surface area contributed by atoms with Crippen molar-refractivity contribution in [1.29, 1.82) is 0 Å². The number of hydrogen-bond acceptors (Lipinski definition) is 7. The molecule has 0 radical (unpaired) electrons. The van der Waals surface area contributed by atoms with E-state index in [-0.39, 0.29) is 5.78 Å². The Morgan fingerprint density at radius 2 is 2.24 bits per heavy atom. The molecular weight excluding hydrogens is 372 g/mol. The van der Waals surface area contributed by atoms with Crippen molar-refractivity contribution in [3.63, 3.8) is 0 Å². The van der Waals surface area contributed by atoms with Crippen LogP contribution in [0.25, 0.3) is 10.8 Å². The quantitative estimate of drug-likeness (QED) is 0.439. The fourth-order valence-electron chi connectivity index (χ4n) is 2.96. The molecule has 7 heteroatoms. The summed E-state index contributed by atoms with van der Waals surface area (Å²) in [5, 5.41) is 8.71. The molecule has 130 valence electrons. The molecule has 3 aromatic heterocycles. The van der Waals surface area contributed by atoms with Gasteiger partial charge in [0.05, 0.1) is 15.5 Å². The Balaban J connectivity index is 1.43. The fraction of sp³-hybridized carbons (Fsp3) is 0.389. The highest BCUT2D eigenvalue weighted by molar-refractivity contribution is 7.99. The summed E-state index contributed by atoms with van der Waals surface area (Å²) >= 11 is 4.58. The van der Waals surface area contributed by atoms with Crippen molar-refractivity contribution in [3.05, 3.63) is 38.4 Å². The van der Waals surface area contributed by atoms with Crippen LogP contribution in [0, 0.1) is 12.8 Å². The first-order chi connectivity index (χ1) is 12.1. The number of thiophene rings is 2. The minimum Gasteiger partial charge on any atom is -0.410 e. The third kappa shape index (κ3) is 3.73. The Morgan fingerprint density at radius 3 is 3.04 bits per heavy atom. The molecule has 1 aliphatic rings. The lowest BCUT2D eigenvalue weighted by molar-refractivity contribution is 0.102. The van der Waals surface area contributed by atoms with Gasteiger partial charge in [0.25, 0.3) is 11.1 Å². The van der Waals surface area contributed by atoms with Crippen LogP contribution in [0.3, 0.4) is 0 Å². The number of aromatic nitrogens is 2. The molecule has 0 bridgehead atoms. The van der Waals surface area contributed by atoms with Gasteiger partial charge in [0.2, 0.25) is 0 Å². The number of carbonyl (C=O) groups is 1. The van der Waals surface area contributed by atoms with Gasteiger partial charge in [-0.1, -0.05) is 18.7 Å². The lowest BCUT2D eigenvalue weighted by Gasteiger charge is -2.16. The van der Waals surface area contributed by atoms with Gasteiger partial charge in [0.1, 0.15) is 0 Å². The molecule has 0 saturated heterocycles. The predicted octanol–water partition coefficient (Wildman–Crippen LogP) is 5.27. The van der Waals surface area contributed by atoms with E-state index in [2.05, 4.69) is 23.2 Å². The summed E-state index contributed by atoms with van der Waals surface area (Å²) in [6.07, 6.45) is 3.53. The van der Waals surface area contributed by atoms with E-state index in [9.17, 15) is 4.79 Å². The zero-order valence-electron chi connectivity index (χ0n) is 14.1. The van der Waals surface area contributed by atoms with E-state index >= 15 is 0 Å². The second-order valence-corrected chi connectivity index (χ2v) is 9.75. The molecule has 0 aliphatic heterocycles.